The van der Waals surface area contributed by atoms with Crippen LogP contribution >= 0.6 is 22.7 Å². The van der Waals surface area contributed by atoms with E-state index >= 15 is 0 Å². The third kappa shape index (κ3) is 5.12. The van der Waals surface area contributed by atoms with E-state index in [0.29, 0.717) is 0 Å². The molecule has 0 nitrogen and oxygen atoms in total. The summed E-state index contributed by atoms with van der Waals surface area (Å²) in [6, 6.07) is 4.93. The lowest BCUT2D eigenvalue weighted by Gasteiger charge is -2.20. The zero-order chi connectivity index (χ0) is 22.5. The maximum atomic E-state index is 2.46. The van der Waals surface area contributed by atoms with Crippen LogP contribution in [0.3, 0.4) is 0 Å². The highest BCUT2D eigenvalue weighted by Gasteiger charge is 2.36. The zero-order valence-corrected chi connectivity index (χ0v) is 22.6. The van der Waals surface area contributed by atoms with Gasteiger partial charge in [0.05, 0.1) is 0 Å². The molecule has 32 heavy (non-hydrogen) atoms. The van der Waals surface area contributed by atoms with Crippen molar-refractivity contribution < 1.29 is 0 Å². The molecule has 0 spiro atoms. The third-order valence-electron chi connectivity index (χ3n) is 8.41. The summed E-state index contributed by atoms with van der Waals surface area (Å²) in [6.07, 6.45) is 16.4. The standard InChI is InChI=1S/C30H44S2/c1-5-9-11-21(7-3)17-23-19-27(29-25(23)13-15-31-29)28-20-24(26-14-16-32-30(26)28)18-22(8-4)12-10-6-2/h13-16,21-24H,5-12,17-20H2,1-4H3/b28-27+. The van der Waals surface area contributed by atoms with E-state index in [9.17, 15) is 0 Å². The van der Waals surface area contributed by atoms with Crippen molar-refractivity contribution in [3.8, 4) is 0 Å². The number of unbranched alkanes of at least 4 members (excludes halogenated alkanes) is 2. The van der Waals surface area contributed by atoms with Crippen LogP contribution in [0.15, 0.2) is 22.9 Å². The maximum Gasteiger partial charge on any atom is 0.0340 e. The normalized spacial score (nSPS) is 24.0. The summed E-state index contributed by atoms with van der Waals surface area (Å²) in [5.41, 5.74) is 6.84. The predicted octanol–water partition coefficient (Wildman–Crippen LogP) is 10.9. The minimum Gasteiger partial charge on any atom is -0.144 e. The van der Waals surface area contributed by atoms with Gasteiger partial charge in [0.1, 0.15) is 0 Å². The molecular formula is C30H44S2. The maximum absolute atomic E-state index is 2.46. The molecule has 0 aliphatic heterocycles. The Bertz CT molecular complexity index is 810. The Hall–Kier alpha value is -0.860. The van der Waals surface area contributed by atoms with Crippen LogP contribution < -0.4 is 0 Å². The van der Waals surface area contributed by atoms with E-state index in [2.05, 4.69) is 50.6 Å². The quantitative estimate of drug-likeness (QED) is 0.290. The van der Waals surface area contributed by atoms with E-state index in [1.54, 1.807) is 32.0 Å². The van der Waals surface area contributed by atoms with Crippen LogP contribution in [-0.4, -0.2) is 0 Å². The van der Waals surface area contributed by atoms with Gasteiger partial charge in [-0.05, 0) is 94.5 Å². The lowest BCUT2D eigenvalue weighted by Crippen LogP contribution is -2.05. The summed E-state index contributed by atoms with van der Waals surface area (Å²) in [6.45, 7) is 9.49. The van der Waals surface area contributed by atoms with Crippen LogP contribution in [0.5, 0.6) is 0 Å². The fourth-order valence-corrected chi connectivity index (χ4v) is 8.52. The van der Waals surface area contributed by atoms with Crippen LogP contribution in [0, 0.1) is 11.8 Å². The Kier molecular flexibility index (Phi) is 8.74. The lowest BCUT2D eigenvalue weighted by molar-refractivity contribution is 0.389. The van der Waals surface area contributed by atoms with Crippen molar-refractivity contribution in [1.29, 1.82) is 0 Å². The van der Waals surface area contributed by atoms with Crippen molar-refractivity contribution in [3.63, 3.8) is 0 Å². The van der Waals surface area contributed by atoms with Crippen molar-refractivity contribution in [2.75, 3.05) is 0 Å². The fraction of sp³-hybridized carbons (Fsp3) is 0.667. The first-order valence-electron chi connectivity index (χ1n) is 13.6. The van der Waals surface area contributed by atoms with E-state index < -0.39 is 0 Å². The smallest absolute Gasteiger partial charge is 0.0340 e. The van der Waals surface area contributed by atoms with Gasteiger partial charge in [0.2, 0.25) is 0 Å². The summed E-state index contributed by atoms with van der Waals surface area (Å²) in [4.78, 5) is 3.29. The number of hydrogen-bond donors (Lipinski definition) is 0. The van der Waals surface area contributed by atoms with E-state index in [1.165, 1.54) is 77.0 Å². The topological polar surface area (TPSA) is 0 Å². The fourth-order valence-electron chi connectivity index (χ4n) is 6.38. The number of rotatable bonds is 12. The summed E-state index contributed by atoms with van der Waals surface area (Å²) >= 11 is 4.04. The molecule has 2 aliphatic rings. The summed E-state index contributed by atoms with van der Waals surface area (Å²) < 4.78 is 0. The van der Waals surface area contributed by atoms with Crippen molar-refractivity contribution >= 4 is 33.8 Å². The Morgan fingerprint density at radius 2 is 1.16 bits per heavy atom. The summed E-state index contributed by atoms with van der Waals surface area (Å²) in [7, 11) is 0. The van der Waals surface area contributed by atoms with Crippen LogP contribution in [0.2, 0.25) is 0 Å². The first-order chi connectivity index (χ1) is 15.7. The van der Waals surface area contributed by atoms with E-state index in [1.807, 2.05) is 22.7 Å². The van der Waals surface area contributed by atoms with E-state index in [0.717, 1.165) is 23.7 Å². The third-order valence-corrected chi connectivity index (χ3v) is 10.4. The Morgan fingerprint density at radius 3 is 1.53 bits per heavy atom. The number of thiophene rings is 2. The summed E-state index contributed by atoms with van der Waals surface area (Å²) in [5.74, 6) is 3.32. The van der Waals surface area contributed by atoms with Crippen LogP contribution in [0.1, 0.15) is 137 Å². The van der Waals surface area contributed by atoms with Crippen LogP contribution in [0.25, 0.3) is 11.1 Å². The van der Waals surface area contributed by atoms with E-state index in [-0.39, 0.29) is 0 Å². The lowest BCUT2D eigenvalue weighted by atomic mass is 9.85. The molecule has 4 atom stereocenters. The molecule has 2 aromatic rings. The van der Waals surface area contributed by atoms with Gasteiger partial charge in [0, 0.05) is 9.75 Å². The first-order valence-corrected chi connectivity index (χ1v) is 15.3. The Labute approximate surface area is 205 Å². The second kappa shape index (κ2) is 11.5. The molecule has 0 fully saturated rings. The minimum atomic E-state index is 0.760. The highest BCUT2D eigenvalue weighted by molar-refractivity contribution is 7.12. The molecule has 0 bridgehead atoms. The van der Waals surface area contributed by atoms with Gasteiger partial charge in [-0.2, -0.15) is 0 Å². The molecule has 0 saturated carbocycles. The van der Waals surface area contributed by atoms with Crippen molar-refractivity contribution in [3.05, 3.63) is 43.8 Å². The Morgan fingerprint density at radius 1 is 0.719 bits per heavy atom. The molecule has 176 valence electrons. The average molecular weight is 469 g/mol. The van der Waals surface area contributed by atoms with Crippen molar-refractivity contribution in [2.45, 2.75) is 117 Å². The van der Waals surface area contributed by atoms with Gasteiger partial charge in [-0.3, -0.25) is 0 Å². The van der Waals surface area contributed by atoms with Gasteiger partial charge < -0.3 is 0 Å². The molecule has 0 saturated heterocycles. The molecule has 0 amide bonds. The Balaban J connectivity index is 1.56. The van der Waals surface area contributed by atoms with Crippen LogP contribution in [-0.2, 0) is 0 Å². The van der Waals surface area contributed by atoms with Gasteiger partial charge >= 0.3 is 0 Å². The molecule has 4 rings (SSSR count). The number of hydrogen-bond acceptors (Lipinski definition) is 2. The van der Waals surface area contributed by atoms with Gasteiger partial charge in [-0.1, -0.05) is 79.1 Å². The summed E-state index contributed by atoms with van der Waals surface area (Å²) in [5, 5.41) is 4.73. The highest BCUT2D eigenvalue weighted by atomic mass is 32.1. The molecule has 2 heterocycles. The molecule has 2 aromatic heterocycles. The molecule has 0 aromatic carbocycles. The second-order valence-electron chi connectivity index (χ2n) is 10.5. The van der Waals surface area contributed by atoms with Gasteiger partial charge in [-0.25, -0.2) is 0 Å². The van der Waals surface area contributed by atoms with Crippen molar-refractivity contribution in [1.82, 2.24) is 0 Å². The minimum absolute atomic E-state index is 0.760. The molecule has 0 radical (unpaired) electrons. The SMILES string of the molecule is CCCCC(CC)CC1C/C(=C2/CC(CC(CC)CCCC)c3ccsc32)c2sccc21. The largest absolute Gasteiger partial charge is 0.144 e. The van der Waals surface area contributed by atoms with Crippen molar-refractivity contribution in [2.24, 2.45) is 11.8 Å². The predicted molar refractivity (Wildman–Crippen MR) is 146 cm³/mol. The van der Waals surface area contributed by atoms with Gasteiger partial charge in [0.25, 0.3) is 0 Å². The molecule has 2 heteroatoms. The number of allylic oxidation sites excluding steroid dienone is 2. The zero-order valence-electron chi connectivity index (χ0n) is 20.9. The molecular weight excluding hydrogens is 424 g/mol. The first kappa shape index (κ1) is 24.3. The second-order valence-corrected chi connectivity index (χ2v) is 12.3. The molecule has 0 N–H and O–H groups in total. The molecule has 4 unspecified atom stereocenters. The molecule has 2 aliphatic carbocycles. The number of fused-ring (bicyclic) bond motifs is 2. The van der Waals surface area contributed by atoms with Gasteiger partial charge in [0.15, 0.2) is 0 Å². The highest BCUT2D eigenvalue weighted by Crippen LogP contribution is 2.56. The van der Waals surface area contributed by atoms with Gasteiger partial charge in [-0.15, -0.1) is 22.7 Å². The van der Waals surface area contributed by atoms with E-state index in [4.69, 9.17) is 0 Å². The monoisotopic (exact) mass is 468 g/mol. The average Bonchev–Trinajstić information content (AvgIpc) is 3.57. The van der Waals surface area contributed by atoms with Crippen LogP contribution in [0.4, 0.5) is 0 Å².